The van der Waals surface area contributed by atoms with Gasteiger partial charge >= 0.3 is 0 Å². The molecule has 2 atom stereocenters. The van der Waals surface area contributed by atoms with Crippen LogP contribution in [0.5, 0.6) is 0 Å². The third-order valence-electron chi connectivity index (χ3n) is 4.38. The Kier molecular flexibility index (Phi) is 4.45. The average Bonchev–Trinajstić information content (AvgIpc) is 3.14. The SMILES string of the molecule is CCCNCc1cc(S(=O)(=O)N2CC3CCC2C3)c(Br)o1. The van der Waals surface area contributed by atoms with Gasteiger partial charge in [-0.2, -0.15) is 4.31 Å². The van der Waals surface area contributed by atoms with Crippen LogP contribution < -0.4 is 5.32 Å². The summed E-state index contributed by atoms with van der Waals surface area (Å²) in [5.74, 6) is 1.19. The zero-order chi connectivity index (χ0) is 15.0. The van der Waals surface area contributed by atoms with Crippen LogP contribution in [0.3, 0.4) is 0 Å². The van der Waals surface area contributed by atoms with E-state index in [4.69, 9.17) is 4.42 Å². The first kappa shape index (κ1) is 15.5. The van der Waals surface area contributed by atoms with Crippen LogP contribution in [0.15, 0.2) is 20.0 Å². The minimum Gasteiger partial charge on any atom is -0.452 e. The first-order valence-electron chi connectivity index (χ1n) is 7.53. The van der Waals surface area contributed by atoms with Crippen molar-refractivity contribution in [2.24, 2.45) is 5.92 Å². The fourth-order valence-corrected chi connectivity index (χ4v) is 6.05. The molecule has 1 aliphatic heterocycles. The molecule has 0 aromatic carbocycles. The van der Waals surface area contributed by atoms with Gasteiger partial charge in [0, 0.05) is 18.7 Å². The van der Waals surface area contributed by atoms with Crippen LogP contribution in [-0.4, -0.2) is 31.9 Å². The predicted octanol–water partition coefficient (Wildman–Crippen LogP) is 2.71. The van der Waals surface area contributed by atoms with Gasteiger partial charge in [-0.25, -0.2) is 8.42 Å². The Hall–Kier alpha value is -0.370. The van der Waals surface area contributed by atoms with Crippen LogP contribution in [0.4, 0.5) is 0 Å². The molecule has 1 aromatic heterocycles. The molecule has 2 unspecified atom stereocenters. The van der Waals surface area contributed by atoms with E-state index in [1.54, 1.807) is 10.4 Å². The van der Waals surface area contributed by atoms with E-state index in [1.807, 2.05) is 0 Å². The van der Waals surface area contributed by atoms with Crippen LogP contribution in [0.25, 0.3) is 0 Å². The molecule has 1 saturated heterocycles. The maximum atomic E-state index is 12.8. The van der Waals surface area contributed by atoms with Crippen molar-refractivity contribution in [1.29, 1.82) is 0 Å². The number of nitrogens with one attached hydrogen (secondary N) is 1. The lowest BCUT2D eigenvalue weighted by molar-refractivity contribution is 0.332. The van der Waals surface area contributed by atoms with Gasteiger partial charge in [0.15, 0.2) is 4.67 Å². The van der Waals surface area contributed by atoms with E-state index in [1.165, 1.54) is 0 Å². The zero-order valence-electron chi connectivity index (χ0n) is 12.1. The second-order valence-electron chi connectivity index (χ2n) is 5.94. The normalized spacial score (nSPS) is 25.8. The van der Waals surface area contributed by atoms with Gasteiger partial charge in [0.2, 0.25) is 10.0 Å². The van der Waals surface area contributed by atoms with Crippen LogP contribution in [0, 0.1) is 5.92 Å². The molecule has 2 aliphatic rings. The maximum absolute atomic E-state index is 12.8. The van der Waals surface area contributed by atoms with E-state index in [-0.39, 0.29) is 10.9 Å². The Morgan fingerprint density at radius 3 is 2.90 bits per heavy atom. The van der Waals surface area contributed by atoms with Gasteiger partial charge in [-0.05, 0) is 54.1 Å². The van der Waals surface area contributed by atoms with Crippen molar-refractivity contribution < 1.29 is 12.8 Å². The Balaban J connectivity index is 1.79. The van der Waals surface area contributed by atoms with E-state index < -0.39 is 10.0 Å². The first-order chi connectivity index (χ1) is 10.0. The number of nitrogens with zero attached hydrogens (tertiary/aromatic N) is 1. The maximum Gasteiger partial charge on any atom is 0.247 e. The van der Waals surface area contributed by atoms with Gasteiger partial charge in [0.25, 0.3) is 0 Å². The molecule has 1 aromatic rings. The summed E-state index contributed by atoms with van der Waals surface area (Å²) in [4.78, 5) is 0.267. The van der Waals surface area contributed by atoms with Crippen LogP contribution in [-0.2, 0) is 16.6 Å². The fourth-order valence-electron chi connectivity index (χ4n) is 3.35. The van der Waals surface area contributed by atoms with Gasteiger partial charge in [-0.1, -0.05) is 6.92 Å². The van der Waals surface area contributed by atoms with E-state index in [2.05, 4.69) is 28.2 Å². The van der Waals surface area contributed by atoms with Gasteiger partial charge < -0.3 is 9.73 Å². The molecule has 5 nitrogen and oxygen atoms in total. The number of fused-ring (bicyclic) bond motifs is 2. The Bertz CT molecular complexity index is 614. The van der Waals surface area contributed by atoms with Crippen molar-refractivity contribution in [2.75, 3.05) is 13.1 Å². The van der Waals surface area contributed by atoms with E-state index in [9.17, 15) is 8.42 Å². The van der Waals surface area contributed by atoms with E-state index >= 15 is 0 Å². The average molecular weight is 377 g/mol. The molecule has 1 N–H and O–H groups in total. The number of rotatable bonds is 6. The summed E-state index contributed by atoms with van der Waals surface area (Å²) < 4.78 is 33.1. The number of halogens is 1. The molecule has 0 radical (unpaired) electrons. The summed E-state index contributed by atoms with van der Waals surface area (Å²) in [7, 11) is -3.45. The number of furan rings is 1. The monoisotopic (exact) mass is 376 g/mol. The van der Waals surface area contributed by atoms with Gasteiger partial charge in [-0.3, -0.25) is 0 Å². The molecule has 3 rings (SSSR count). The van der Waals surface area contributed by atoms with Crippen LogP contribution in [0.1, 0.15) is 38.4 Å². The molecule has 2 bridgehead atoms. The highest BCUT2D eigenvalue weighted by atomic mass is 79.9. The molecule has 2 fully saturated rings. The third-order valence-corrected chi connectivity index (χ3v) is 7.15. The standard InChI is InChI=1S/C14H21BrN2O3S/c1-2-5-16-8-12-7-13(14(15)20-12)21(18,19)17-9-10-3-4-11(17)6-10/h7,10-11,16H,2-6,8-9H2,1H3. The minimum atomic E-state index is -3.45. The van der Waals surface area contributed by atoms with E-state index in [0.29, 0.717) is 29.4 Å². The molecule has 2 heterocycles. The van der Waals surface area contributed by atoms with Crippen LogP contribution >= 0.6 is 15.9 Å². The third kappa shape index (κ3) is 2.93. The molecular weight excluding hydrogens is 356 g/mol. The molecular formula is C14H21BrN2O3S. The molecule has 1 aliphatic carbocycles. The predicted molar refractivity (Wildman–Crippen MR) is 83.4 cm³/mol. The minimum absolute atomic E-state index is 0.184. The summed E-state index contributed by atoms with van der Waals surface area (Å²) in [6.45, 7) is 4.18. The summed E-state index contributed by atoms with van der Waals surface area (Å²) in [6.07, 6.45) is 4.20. The lowest BCUT2D eigenvalue weighted by Crippen LogP contribution is -2.37. The Morgan fingerprint density at radius 2 is 2.29 bits per heavy atom. The second kappa shape index (κ2) is 6.02. The highest BCUT2D eigenvalue weighted by molar-refractivity contribution is 9.10. The Morgan fingerprint density at radius 1 is 1.48 bits per heavy atom. The fraction of sp³-hybridized carbons (Fsp3) is 0.714. The number of hydrogen-bond acceptors (Lipinski definition) is 4. The molecule has 21 heavy (non-hydrogen) atoms. The summed E-state index contributed by atoms with van der Waals surface area (Å²) in [5.41, 5.74) is 0. The highest BCUT2D eigenvalue weighted by Gasteiger charge is 2.45. The number of piperidine rings is 1. The van der Waals surface area contributed by atoms with Crippen molar-refractivity contribution in [3.8, 4) is 0 Å². The van der Waals surface area contributed by atoms with Crippen molar-refractivity contribution in [2.45, 2.75) is 50.1 Å². The van der Waals surface area contributed by atoms with Gasteiger partial charge in [0.1, 0.15) is 10.7 Å². The molecule has 118 valence electrons. The largest absolute Gasteiger partial charge is 0.452 e. The highest BCUT2D eigenvalue weighted by Crippen LogP contribution is 2.41. The van der Waals surface area contributed by atoms with Crippen molar-refractivity contribution in [3.63, 3.8) is 0 Å². The molecule has 0 amide bonds. The molecule has 0 spiro atoms. The number of hydrogen-bond donors (Lipinski definition) is 1. The lowest BCUT2D eigenvalue weighted by Gasteiger charge is -2.25. The number of sulfonamides is 1. The summed E-state index contributed by atoms with van der Waals surface area (Å²) in [5, 5.41) is 3.22. The van der Waals surface area contributed by atoms with Crippen molar-refractivity contribution in [1.82, 2.24) is 9.62 Å². The quantitative estimate of drug-likeness (QED) is 0.775. The van der Waals surface area contributed by atoms with Crippen LogP contribution in [0.2, 0.25) is 0 Å². The molecule has 1 saturated carbocycles. The summed E-state index contributed by atoms with van der Waals surface area (Å²) >= 11 is 3.26. The van der Waals surface area contributed by atoms with Gasteiger partial charge in [0.05, 0.1) is 6.54 Å². The first-order valence-corrected chi connectivity index (χ1v) is 9.76. The second-order valence-corrected chi connectivity index (χ2v) is 8.51. The smallest absolute Gasteiger partial charge is 0.247 e. The topological polar surface area (TPSA) is 62.6 Å². The summed E-state index contributed by atoms with van der Waals surface area (Å²) in [6, 6.07) is 1.83. The lowest BCUT2D eigenvalue weighted by atomic mass is 10.1. The van der Waals surface area contributed by atoms with Gasteiger partial charge in [-0.15, -0.1) is 0 Å². The Labute approximate surface area is 134 Å². The van der Waals surface area contributed by atoms with Crippen molar-refractivity contribution in [3.05, 3.63) is 16.5 Å². The zero-order valence-corrected chi connectivity index (χ0v) is 14.5. The van der Waals surface area contributed by atoms with E-state index in [0.717, 1.165) is 32.2 Å². The van der Waals surface area contributed by atoms with Crippen molar-refractivity contribution >= 4 is 26.0 Å². The molecule has 7 heteroatoms.